The van der Waals surface area contributed by atoms with Crippen molar-refractivity contribution in [2.75, 3.05) is 6.54 Å². The summed E-state index contributed by atoms with van der Waals surface area (Å²) in [6, 6.07) is 7.86. The quantitative estimate of drug-likeness (QED) is 0.870. The Balaban J connectivity index is 2.09. The number of aromatic amines is 1. The first-order valence-electron chi connectivity index (χ1n) is 6.13. The van der Waals surface area contributed by atoms with E-state index in [-0.39, 0.29) is 5.56 Å². The number of hydrogen-bond donors (Lipinski definition) is 2. The van der Waals surface area contributed by atoms with Crippen LogP contribution in [0.15, 0.2) is 34.4 Å². The minimum atomic E-state index is -0.00263. The van der Waals surface area contributed by atoms with Crippen LogP contribution in [0.3, 0.4) is 0 Å². The number of hydrogen-bond acceptors (Lipinski definition) is 3. The Morgan fingerprint density at radius 1 is 1.33 bits per heavy atom. The maximum Gasteiger partial charge on any atom is 0.252 e. The highest BCUT2D eigenvalue weighted by Gasteiger charge is 2.04. The van der Waals surface area contributed by atoms with E-state index in [1.807, 2.05) is 29.6 Å². The Labute approximate surface area is 111 Å². The lowest BCUT2D eigenvalue weighted by Crippen LogP contribution is -2.24. The van der Waals surface area contributed by atoms with Crippen LogP contribution in [-0.4, -0.2) is 11.5 Å². The second-order valence-electron chi connectivity index (χ2n) is 4.73. The van der Waals surface area contributed by atoms with E-state index in [0.717, 1.165) is 22.7 Å². The average molecular weight is 262 g/mol. The molecule has 4 heteroatoms. The highest BCUT2D eigenvalue weighted by atomic mass is 32.1. The summed E-state index contributed by atoms with van der Waals surface area (Å²) in [5.41, 5.74) is 1.68. The Morgan fingerprint density at radius 3 is 2.78 bits per heavy atom. The Morgan fingerprint density at radius 2 is 2.17 bits per heavy atom. The van der Waals surface area contributed by atoms with E-state index < -0.39 is 0 Å². The van der Waals surface area contributed by atoms with Gasteiger partial charge < -0.3 is 10.3 Å². The van der Waals surface area contributed by atoms with Gasteiger partial charge in [0.15, 0.2) is 0 Å². The SMILES string of the molecule is CC(C)CNCc1ccc(-c2cccs2)[nH]c1=O. The predicted octanol–water partition coefficient (Wildman–Crippen LogP) is 2.85. The molecule has 2 aromatic rings. The van der Waals surface area contributed by atoms with Gasteiger partial charge in [0.2, 0.25) is 0 Å². The van der Waals surface area contributed by atoms with E-state index >= 15 is 0 Å². The first-order chi connectivity index (χ1) is 8.66. The second-order valence-corrected chi connectivity index (χ2v) is 5.68. The van der Waals surface area contributed by atoms with Crippen molar-refractivity contribution in [1.82, 2.24) is 10.3 Å². The van der Waals surface area contributed by atoms with E-state index in [2.05, 4.69) is 24.1 Å². The zero-order valence-corrected chi connectivity index (χ0v) is 11.5. The molecule has 0 atom stereocenters. The van der Waals surface area contributed by atoms with Crippen molar-refractivity contribution in [2.45, 2.75) is 20.4 Å². The fraction of sp³-hybridized carbons (Fsp3) is 0.357. The molecule has 0 saturated heterocycles. The van der Waals surface area contributed by atoms with Gasteiger partial charge in [0.1, 0.15) is 0 Å². The molecule has 0 aromatic carbocycles. The van der Waals surface area contributed by atoms with E-state index in [1.165, 1.54) is 0 Å². The zero-order valence-electron chi connectivity index (χ0n) is 10.7. The van der Waals surface area contributed by atoms with Crippen LogP contribution in [0.2, 0.25) is 0 Å². The molecule has 2 rings (SSSR count). The third kappa shape index (κ3) is 3.31. The summed E-state index contributed by atoms with van der Waals surface area (Å²) < 4.78 is 0. The molecule has 0 bridgehead atoms. The average Bonchev–Trinajstić information content (AvgIpc) is 2.84. The van der Waals surface area contributed by atoms with Crippen molar-refractivity contribution in [3.63, 3.8) is 0 Å². The van der Waals surface area contributed by atoms with Crippen molar-refractivity contribution in [3.8, 4) is 10.6 Å². The Kier molecular flexibility index (Phi) is 4.33. The standard InChI is InChI=1S/C14H18N2OS/c1-10(2)8-15-9-11-5-6-12(16-14(11)17)13-4-3-7-18-13/h3-7,10,15H,8-9H2,1-2H3,(H,16,17). The molecule has 3 nitrogen and oxygen atoms in total. The second kappa shape index (κ2) is 5.98. The van der Waals surface area contributed by atoms with Crippen LogP contribution in [0.1, 0.15) is 19.4 Å². The number of aromatic nitrogens is 1. The molecular weight excluding hydrogens is 244 g/mol. The monoisotopic (exact) mass is 262 g/mol. The van der Waals surface area contributed by atoms with Crippen molar-refractivity contribution < 1.29 is 0 Å². The van der Waals surface area contributed by atoms with Gasteiger partial charge in [-0.3, -0.25) is 4.79 Å². The van der Waals surface area contributed by atoms with E-state index in [1.54, 1.807) is 11.3 Å². The molecule has 0 aliphatic carbocycles. The van der Waals surface area contributed by atoms with Gasteiger partial charge >= 0.3 is 0 Å². The molecule has 0 amide bonds. The van der Waals surface area contributed by atoms with Crippen LogP contribution in [-0.2, 0) is 6.54 Å². The zero-order chi connectivity index (χ0) is 13.0. The highest BCUT2D eigenvalue weighted by molar-refractivity contribution is 7.13. The fourth-order valence-electron chi connectivity index (χ4n) is 1.71. The summed E-state index contributed by atoms with van der Waals surface area (Å²) in [7, 11) is 0. The molecule has 2 aromatic heterocycles. The van der Waals surface area contributed by atoms with E-state index in [4.69, 9.17) is 0 Å². The molecule has 0 aliphatic heterocycles. The Hall–Kier alpha value is -1.39. The van der Waals surface area contributed by atoms with Gasteiger partial charge in [-0.05, 0) is 30.0 Å². The lowest BCUT2D eigenvalue weighted by molar-refractivity contribution is 0.551. The van der Waals surface area contributed by atoms with E-state index in [0.29, 0.717) is 12.5 Å². The number of nitrogens with one attached hydrogen (secondary N) is 2. The molecule has 0 spiro atoms. The molecule has 0 radical (unpaired) electrons. The third-order valence-electron chi connectivity index (χ3n) is 2.65. The van der Waals surface area contributed by atoms with Crippen LogP contribution in [0.4, 0.5) is 0 Å². The number of rotatable bonds is 5. The Bertz CT molecular complexity index is 543. The van der Waals surface area contributed by atoms with Gasteiger partial charge in [0.05, 0.1) is 10.6 Å². The number of pyridine rings is 1. The van der Waals surface area contributed by atoms with Crippen molar-refractivity contribution in [3.05, 3.63) is 45.6 Å². The molecule has 18 heavy (non-hydrogen) atoms. The molecular formula is C14H18N2OS. The molecule has 2 N–H and O–H groups in total. The minimum absolute atomic E-state index is 0.00263. The normalized spacial score (nSPS) is 11.1. The van der Waals surface area contributed by atoms with Crippen molar-refractivity contribution in [2.24, 2.45) is 5.92 Å². The van der Waals surface area contributed by atoms with Crippen LogP contribution in [0.25, 0.3) is 10.6 Å². The third-order valence-corrected chi connectivity index (χ3v) is 3.55. The summed E-state index contributed by atoms with van der Waals surface area (Å²) in [6.45, 7) is 5.85. The van der Waals surface area contributed by atoms with Crippen LogP contribution in [0, 0.1) is 5.92 Å². The van der Waals surface area contributed by atoms with Crippen LogP contribution < -0.4 is 10.9 Å². The maximum absolute atomic E-state index is 11.9. The van der Waals surface area contributed by atoms with Crippen molar-refractivity contribution in [1.29, 1.82) is 0 Å². The number of H-pyrrole nitrogens is 1. The minimum Gasteiger partial charge on any atom is -0.321 e. The molecule has 0 saturated carbocycles. The molecule has 0 fully saturated rings. The number of thiophene rings is 1. The largest absolute Gasteiger partial charge is 0.321 e. The van der Waals surface area contributed by atoms with Gasteiger partial charge in [-0.2, -0.15) is 0 Å². The molecule has 0 unspecified atom stereocenters. The first-order valence-corrected chi connectivity index (χ1v) is 7.01. The summed E-state index contributed by atoms with van der Waals surface area (Å²) in [6.07, 6.45) is 0. The smallest absolute Gasteiger partial charge is 0.252 e. The van der Waals surface area contributed by atoms with Crippen molar-refractivity contribution >= 4 is 11.3 Å². The topological polar surface area (TPSA) is 44.9 Å². The summed E-state index contributed by atoms with van der Waals surface area (Å²) in [5, 5.41) is 5.28. The predicted molar refractivity (Wildman–Crippen MR) is 76.9 cm³/mol. The van der Waals surface area contributed by atoms with Crippen LogP contribution >= 0.6 is 11.3 Å². The van der Waals surface area contributed by atoms with Gasteiger partial charge in [0.25, 0.3) is 5.56 Å². The molecule has 96 valence electrons. The fourth-order valence-corrected chi connectivity index (χ4v) is 2.42. The first kappa shape index (κ1) is 13.1. The van der Waals surface area contributed by atoms with Gasteiger partial charge in [-0.15, -0.1) is 11.3 Å². The summed E-state index contributed by atoms with van der Waals surface area (Å²) in [4.78, 5) is 15.9. The van der Waals surface area contributed by atoms with E-state index in [9.17, 15) is 4.79 Å². The lowest BCUT2D eigenvalue weighted by atomic mass is 10.2. The maximum atomic E-state index is 11.9. The highest BCUT2D eigenvalue weighted by Crippen LogP contribution is 2.21. The van der Waals surface area contributed by atoms with Gasteiger partial charge in [-0.1, -0.05) is 26.0 Å². The lowest BCUT2D eigenvalue weighted by Gasteiger charge is -2.07. The molecule has 0 aliphatic rings. The summed E-state index contributed by atoms with van der Waals surface area (Å²) >= 11 is 1.63. The van der Waals surface area contributed by atoms with Gasteiger partial charge in [-0.25, -0.2) is 0 Å². The molecule has 2 heterocycles. The van der Waals surface area contributed by atoms with Gasteiger partial charge in [0, 0.05) is 12.1 Å². The van der Waals surface area contributed by atoms with Crippen LogP contribution in [0.5, 0.6) is 0 Å². The summed E-state index contributed by atoms with van der Waals surface area (Å²) in [5.74, 6) is 0.592.